The first-order valence-corrected chi connectivity index (χ1v) is 5.80. The van der Waals surface area contributed by atoms with Crippen LogP contribution in [-0.2, 0) is 4.79 Å². The Morgan fingerprint density at radius 2 is 1.83 bits per heavy atom. The average molecular weight is 236 g/mol. The molecule has 0 atom stereocenters. The van der Waals surface area contributed by atoms with E-state index in [1.807, 2.05) is 42.5 Å². The molecule has 0 unspecified atom stereocenters. The molecule has 1 amide bonds. The van der Waals surface area contributed by atoms with Gasteiger partial charge in [0.15, 0.2) is 0 Å². The molecule has 2 aromatic carbocycles. The summed E-state index contributed by atoms with van der Waals surface area (Å²) < 4.78 is 0. The van der Waals surface area contributed by atoms with Crippen molar-refractivity contribution in [1.82, 2.24) is 4.98 Å². The van der Waals surface area contributed by atoms with Gasteiger partial charge >= 0.3 is 0 Å². The molecular weight excluding hydrogens is 224 g/mol. The Morgan fingerprint density at radius 3 is 2.67 bits per heavy atom. The molecule has 0 aliphatic heterocycles. The lowest BCUT2D eigenvalue weighted by atomic mass is 10.1. The van der Waals surface area contributed by atoms with E-state index < -0.39 is 0 Å². The van der Waals surface area contributed by atoms with Crippen molar-refractivity contribution in [2.45, 2.75) is 6.92 Å². The van der Waals surface area contributed by atoms with Crippen LogP contribution in [-0.4, -0.2) is 10.9 Å². The highest BCUT2D eigenvalue weighted by molar-refractivity contribution is 6.04. The number of rotatable bonds is 1. The van der Waals surface area contributed by atoms with Gasteiger partial charge in [0.1, 0.15) is 0 Å². The molecule has 0 fully saturated rings. The maximum absolute atomic E-state index is 11.2. The van der Waals surface area contributed by atoms with Crippen LogP contribution in [0.2, 0.25) is 0 Å². The Kier molecular flexibility index (Phi) is 2.45. The number of anilines is 1. The minimum Gasteiger partial charge on any atom is -0.326 e. The van der Waals surface area contributed by atoms with Gasteiger partial charge in [-0.15, -0.1) is 0 Å². The van der Waals surface area contributed by atoms with E-state index in [2.05, 4.69) is 16.4 Å². The molecule has 3 aromatic rings. The number of benzene rings is 2. The molecule has 1 heterocycles. The number of carbonyl (C=O) groups excluding carboxylic acids is 1. The van der Waals surface area contributed by atoms with E-state index in [1.165, 1.54) is 6.92 Å². The number of nitrogens with zero attached hydrogens (tertiary/aromatic N) is 1. The normalized spacial score (nSPS) is 10.7. The zero-order valence-electron chi connectivity index (χ0n) is 9.97. The topological polar surface area (TPSA) is 42.0 Å². The zero-order valence-corrected chi connectivity index (χ0v) is 9.97. The van der Waals surface area contributed by atoms with Gasteiger partial charge < -0.3 is 5.32 Å². The van der Waals surface area contributed by atoms with E-state index >= 15 is 0 Å². The molecule has 3 nitrogen and oxygen atoms in total. The molecule has 88 valence electrons. The maximum Gasteiger partial charge on any atom is 0.221 e. The Balaban J connectivity index is 2.32. The molecule has 3 heteroatoms. The van der Waals surface area contributed by atoms with E-state index in [9.17, 15) is 4.79 Å². The van der Waals surface area contributed by atoms with Crippen LogP contribution in [0.1, 0.15) is 6.92 Å². The summed E-state index contributed by atoms with van der Waals surface area (Å²) in [6, 6.07) is 15.8. The number of carbonyl (C=O) groups is 1. The predicted molar refractivity (Wildman–Crippen MR) is 73.6 cm³/mol. The zero-order chi connectivity index (χ0) is 12.5. The number of aromatic nitrogens is 1. The van der Waals surface area contributed by atoms with E-state index in [-0.39, 0.29) is 5.91 Å². The smallest absolute Gasteiger partial charge is 0.221 e. The number of fused-ring (bicyclic) bond motifs is 2. The van der Waals surface area contributed by atoms with Crippen LogP contribution in [0.25, 0.3) is 21.8 Å². The molecule has 0 saturated heterocycles. The summed E-state index contributed by atoms with van der Waals surface area (Å²) in [7, 11) is 0. The fourth-order valence-corrected chi connectivity index (χ4v) is 2.10. The van der Waals surface area contributed by atoms with Gasteiger partial charge in [-0.25, -0.2) is 4.98 Å². The highest BCUT2D eigenvalue weighted by Gasteiger charge is 2.04. The third kappa shape index (κ3) is 1.80. The van der Waals surface area contributed by atoms with Crippen LogP contribution < -0.4 is 5.32 Å². The van der Waals surface area contributed by atoms with Gasteiger partial charge in [0.05, 0.1) is 16.7 Å². The Bertz CT molecular complexity index is 750. The quantitative estimate of drug-likeness (QED) is 0.658. The lowest BCUT2D eigenvalue weighted by Gasteiger charge is -2.07. The van der Waals surface area contributed by atoms with Crippen molar-refractivity contribution >= 4 is 33.4 Å². The van der Waals surface area contributed by atoms with Crippen molar-refractivity contribution in [1.29, 1.82) is 0 Å². The van der Waals surface area contributed by atoms with Crippen molar-refractivity contribution in [3.05, 3.63) is 48.5 Å². The summed E-state index contributed by atoms with van der Waals surface area (Å²) in [5.74, 6) is -0.0735. The monoisotopic (exact) mass is 236 g/mol. The molecule has 0 bridgehead atoms. The largest absolute Gasteiger partial charge is 0.326 e. The fraction of sp³-hybridized carbons (Fsp3) is 0.0667. The van der Waals surface area contributed by atoms with Crippen LogP contribution in [0, 0.1) is 0 Å². The summed E-state index contributed by atoms with van der Waals surface area (Å²) in [5, 5.41) is 4.87. The molecular formula is C15H12N2O. The molecule has 0 spiro atoms. The van der Waals surface area contributed by atoms with Gasteiger partial charge in [0.25, 0.3) is 0 Å². The molecule has 18 heavy (non-hydrogen) atoms. The molecule has 0 saturated carbocycles. The molecule has 0 aliphatic rings. The summed E-state index contributed by atoms with van der Waals surface area (Å²) in [6.45, 7) is 1.51. The summed E-state index contributed by atoms with van der Waals surface area (Å²) in [5.41, 5.74) is 2.66. The third-order valence-corrected chi connectivity index (χ3v) is 2.87. The van der Waals surface area contributed by atoms with E-state index in [0.29, 0.717) is 0 Å². The van der Waals surface area contributed by atoms with Crippen molar-refractivity contribution in [3.8, 4) is 0 Å². The summed E-state index contributed by atoms with van der Waals surface area (Å²) in [4.78, 5) is 15.8. The van der Waals surface area contributed by atoms with Gasteiger partial charge in [-0.2, -0.15) is 0 Å². The van der Waals surface area contributed by atoms with Crippen LogP contribution in [0.3, 0.4) is 0 Å². The second-order valence-corrected chi connectivity index (χ2v) is 4.23. The minimum absolute atomic E-state index is 0.0735. The molecule has 0 radical (unpaired) electrons. The SMILES string of the molecule is CC(=O)Nc1cccc2nc3ccccc3cc12. The van der Waals surface area contributed by atoms with Gasteiger partial charge in [0, 0.05) is 17.7 Å². The lowest BCUT2D eigenvalue weighted by molar-refractivity contribution is -0.114. The second-order valence-electron chi connectivity index (χ2n) is 4.23. The molecule has 1 aromatic heterocycles. The van der Waals surface area contributed by atoms with Gasteiger partial charge in [-0.3, -0.25) is 4.79 Å². The molecule has 3 rings (SSSR count). The summed E-state index contributed by atoms with van der Waals surface area (Å²) >= 11 is 0. The number of pyridine rings is 1. The fourth-order valence-electron chi connectivity index (χ4n) is 2.10. The summed E-state index contributed by atoms with van der Waals surface area (Å²) in [6.07, 6.45) is 0. The highest BCUT2D eigenvalue weighted by atomic mass is 16.1. The molecule has 0 aliphatic carbocycles. The van der Waals surface area contributed by atoms with E-state index in [4.69, 9.17) is 0 Å². The first-order valence-electron chi connectivity index (χ1n) is 5.80. The number of para-hydroxylation sites is 1. The first-order chi connectivity index (χ1) is 8.74. The van der Waals surface area contributed by atoms with E-state index in [1.54, 1.807) is 0 Å². The predicted octanol–water partition coefficient (Wildman–Crippen LogP) is 3.35. The van der Waals surface area contributed by atoms with E-state index in [0.717, 1.165) is 27.5 Å². The third-order valence-electron chi connectivity index (χ3n) is 2.87. The standard InChI is InChI=1S/C15H12N2O/c1-10(18)16-14-7-4-8-15-12(14)9-11-5-2-3-6-13(11)17-15/h2-9H,1H3,(H,16,18). The van der Waals surface area contributed by atoms with Crippen LogP contribution in [0.15, 0.2) is 48.5 Å². The van der Waals surface area contributed by atoms with Crippen LogP contribution >= 0.6 is 0 Å². The Hall–Kier alpha value is -2.42. The number of hydrogen-bond donors (Lipinski definition) is 1. The van der Waals surface area contributed by atoms with Crippen molar-refractivity contribution in [3.63, 3.8) is 0 Å². The molecule has 1 N–H and O–H groups in total. The highest BCUT2D eigenvalue weighted by Crippen LogP contribution is 2.25. The second kappa shape index (κ2) is 4.11. The lowest BCUT2D eigenvalue weighted by Crippen LogP contribution is -2.06. The van der Waals surface area contributed by atoms with Gasteiger partial charge in [-0.1, -0.05) is 24.3 Å². The average Bonchev–Trinajstić information content (AvgIpc) is 2.36. The minimum atomic E-state index is -0.0735. The van der Waals surface area contributed by atoms with Crippen molar-refractivity contribution < 1.29 is 4.79 Å². The van der Waals surface area contributed by atoms with Crippen molar-refractivity contribution in [2.24, 2.45) is 0 Å². The number of amides is 1. The van der Waals surface area contributed by atoms with Gasteiger partial charge in [-0.05, 0) is 24.3 Å². The van der Waals surface area contributed by atoms with Crippen LogP contribution in [0.5, 0.6) is 0 Å². The van der Waals surface area contributed by atoms with Gasteiger partial charge in [0.2, 0.25) is 5.91 Å². The maximum atomic E-state index is 11.2. The Morgan fingerprint density at radius 1 is 1.06 bits per heavy atom. The van der Waals surface area contributed by atoms with Crippen molar-refractivity contribution in [2.75, 3.05) is 5.32 Å². The Labute approximate surface area is 104 Å². The first kappa shape index (κ1) is 10.7. The number of nitrogens with one attached hydrogen (secondary N) is 1. The van der Waals surface area contributed by atoms with Crippen LogP contribution in [0.4, 0.5) is 5.69 Å². The number of hydrogen-bond acceptors (Lipinski definition) is 2.